The van der Waals surface area contributed by atoms with E-state index in [1.165, 1.54) is 0 Å². The Morgan fingerprint density at radius 2 is 2.08 bits per heavy atom. The first-order valence-electron chi connectivity index (χ1n) is 8.35. The Labute approximate surface area is 142 Å². The molecule has 1 aromatic carbocycles. The minimum Gasteiger partial charge on any atom is -0.479 e. The number of carbonyl (C=O) groups is 2. The summed E-state index contributed by atoms with van der Waals surface area (Å²) in [6.07, 6.45) is -0.245. The molecule has 1 atom stereocenters. The smallest absolute Gasteiger partial charge is 0.267 e. The van der Waals surface area contributed by atoms with E-state index in [1.807, 2.05) is 43.0 Å². The Balaban J connectivity index is 1.72. The molecule has 0 radical (unpaired) electrons. The van der Waals surface area contributed by atoms with E-state index in [0.717, 1.165) is 5.69 Å². The molecule has 1 fully saturated rings. The van der Waals surface area contributed by atoms with Gasteiger partial charge >= 0.3 is 0 Å². The monoisotopic (exact) mass is 332 g/mol. The van der Waals surface area contributed by atoms with Crippen molar-refractivity contribution in [2.24, 2.45) is 0 Å². The third-order valence-electron chi connectivity index (χ3n) is 4.57. The van der Waals surface area contributed by atoms with Crippen LogP contribution in [0.4, 0.5) is 5.69 Å². The first-order chi connectivity index (χ1) is 11.4. The molecule has 0 aromatic heterocycles. The van der Waals surface area contributed by atoms with Crippen LogP contribution in [0, 0.1) is 0 Å². The maximum absolute atomic E-state index is 12.7. The Kier molecular flexibility index (Phi) is 4.49. The topological polar surface area (TPSA) is 59.1 Å². The van der Waals surface area contributed by atoms with Crippen molar-refractivity contribution in [2.45, 2.75) is 38.8 Å². The average molecular weight is 332 g/mol. The molecule has 1 saturated heterocycles. The van der Waals surface area contributed by atoms with Gasteiger partial charge in [-0.3, -0.25) is 9.59 Å². The lowest BCUT2D eigenvalue weighted by Gasteiger charge is -2.42. The molecule has 0 bridgehead atoms. The standard InChI is InChI=1S/C18H24N2O4/c1-13-17(22)19(14-6-4-5-7-15(14)24-13)9-8-16(21)20-10-11-23-12-18(20,2)3/h4-7,13H,8-12H2,1-3H3. The quantitative estimate of drug-likeness (QED) is 0.847. The molecule has 3 rings (SSSR count). The van der Waals surface area contributed by atoms with Gasteiger partial charge in [0.1, 0.15) is 5.75 Å². The van der Waals surface area contributed by atoms with Crippen molar-refractivity contribution in [2.75, 3.05) is 31.2 Å². The van der Waals surface area contributed by atoms with Crippen molar-refractivity contribution in [3.8, 4) is 5.75 Å². The summed E-state index contributed by atoms with van der Waals surface area (Å²) in [4.78, 5) is 28.6. The van der Waals surface area contributed by atoms with Gasteiger partial charge in [-0.1, -0.05) is 12.1 Å². The summed E-state index contributed by atoms with van der Waals surface area (Å²) in [5.74, 6) is 0.624. The molecule has 0 saturated carbocycles. The van der Waals surface area contributed by atoms with Crippen LogP contribution in [-0.4, -0.2) is 54.7 Å². The second kappa shape index (κ2) is 6.43. The molecule has 2 aliphatic heterocycles. The van der Waals surface area contributed by atoms with Crippen molar-refractivity contribution < 1.29 is 19.1 Å². The highest BCUT2D eigenvalue weighted by Gasteiger charge is 2.35. The molecule has 0 aliphatic carbocycles. The fourth-order valence-electron chi connectivity index (χ4n) is 3.25. The summed E-state index contributed by atoms with van der Waals surface area (Å²) >= 11 is 0. The largest absolute Gasteiger partial charge is 0.479 e. The third kappa shape index (κ3) is 3.11. The zero-order valence-electron chi connectivity index (χ0n) is 14.4. The lowest BCUT2D eigenvalue weighted by atomic mass is 10.0. The lowest BCUT2D eigenvalue weighted by Crippen LogP contribution is -2.56. The van der Waals surface area contributed by atoms with Crippen molar-refractivity contribution in [1.82, 2.24) is 4.90 Å². The van der Waals surface area contributed by atoms with Crippen molar-refractivity contribution >= 4 is 17.5 Å². The molecule has 2 amide bonds. The number of fused-ring (bicyclic) bond motifs is 1. The molecular weight excluding hydrogens is 308 g/mol. The van der Waals surface area contributed by atoms with Gasteiger partial charge in [0.25, 0.3) is 5.91 Å². The van der Waals surface area contributed by atoms with Crippen molar-refractivity contribution in [3.05, 3.63) is 24.3 Å². The van der Waals surface area contributed by atoms with E-state index >= 15 is 0 Å². The number of anilines is 1. The van der Waals surface area contributed by atoms with Crippen LogP contribution in [0.25, 0.3) is 0 Å². The summed E-state index contributed by atoms with van der Waals surface area (Å²) in [5, 5.41) is 0. The van der Waals surface area contributed by atoms with Gasteiger partial charge in [-0.2, -0.15) is 0 Å². The summed E-state index contributed by atoms with van der Waals surface area (Å²) in [7, 11) is 0. The van der Waals surface area contributed by atoms with E-state index in [4.69, 9.17) is 9.47 Å². The molecule has 0 spiro atoms. The van der Waals surface area contributed by atoms with E-state index in [0.29, 0.717) is 32.1 Å². The van der Waals surface area contributed by atoms with Gasteiger partial charge < -0.3 is 19.3 Å². The van der Waals surface area contributed by atoms with Crippen LogP contribution in [0.15, 0.2) is 24.3 Å². The first kappa shape index (κ1) is 16.8. The van der Waals surface area contributed by atoms with Crippen molar-refractivity contribution in [3.63, 3.8) is 0 Å². The molecule has 1 unspecified atom stereocenters. The number of hydrogen-bond donors (Lipinski definition) is 0. The van der Waals surface area contributed by atoms with Crippen LogP contribution in [0.3, 0.4) is 0 Å². The molecular formula is C18H24N2O4. The highest BCUT2D eigenvalue weighted by molar-refractivity contribution is 6.00. The number of amides is 2. The SMILES string of the molecule is CC1Oc2ccccc2N(CCC(=O)N2CCOCC2(C)C)C1=O. The number of hydrogen-bond acceptors (Lipinski definition) is 4. The van der Waals surface area contributed by atoms with Crippen LogP contribution in [-0.2, 0) is 14.3 Å². The second-order valence-corrected chi connectivity index (χ2v) is 6.88. The van der Waals surface area contributed by atoms with Crippen LogP contribution in [0.5, 0.6) is 5.75 Å². The fourth-order valence-corrected chi connectivity index (χ4v) is 3.25. The van der Waals surface area contributed by atoms with Crippen LogP contribution < -0.4 is 9.64 Å². The van der Waals surface area contributed by atoms with E-state index in [1.54, 1.807) is 11.8 Å². The molecule has 24 heavy (non-hydrogen) atoms. The highest BCUT2D eigenvalue weighted by atomic mass is 16.5. The Morgan fingerprint density at radius 3 is 2.83 bits per heavy atom. The first-order valence-corrected chi connectivity index (χ1v) is 8.35. The normalized spacial score (nSPS) is 22.8. The maximum atomic E-state index is 12.7. The maximum Gasteiger partial charge on any atom is 0.267 e. The average Bonchev–Trinajstić information content (AvgIpc) is 2.54. The Morgan fingerprint density at radius 1 is 1.33 bits per heavy atom. The van der Waals surface area contributed by atoms with Gasteiger partial charge in [0, 0.05) is 19.5 Å². The van der Waals surface area contributed by atoms with E-state index in [9.17, 15) is 9.59 Å². The number of carbonyl (C=O) groups excluding carboxylic acids is 2. The van der Waals surface area contributed by atoms with Gasteiger partial charge in [-0.05, 0) is 32.9 Å². The second-order valence-electron chi connectivity index (χ2n) is 6.88. The molecule has 130 valence electrons. The predicted molar refractivity (Wildman–Crippen MR) is 90.1 cm³/mol. The molecule has 6 nitrogen and oxygen atoms in total. The fraction of sp³-hybridized carbons (Fsp3) is 0.556. The zero-order chi connectivity index (χ0) is 17.3. The summed E-state index contributed by atoms with van der Waals surface area (Å²) in [6, 6.07) is 7.44. The molecule has 1 aromatic rings. The minimum absolute atomic E-state index is 0.0488. The van der Waals surface area contributed by atoms with Crippen LogP contribution in [0.2, 0.25) is 0 Å². The van der Waals surface area contributed by atoms with Gasteiger partial charge in [-0.25, -0.2) is 0 Å². The number of morpholine rings is 1. The van der Waals surface area contributed by atoms with Gasteiger partial charge in [0.05, 0.1) is 24.4 Å². The van der Waals surface area contributed by atoms with Crippen LogP contribution in [0.1, 0.15) is 27.2 Å². The summed E-state index contributed by atoms with van der Waals surface area (Å²) in [5.41, 5.74) is 0.421. The highest BCUT2D eigenvalue weighted by Crippen LogP contribution is 2.33. The Bertz CT molecular complexity index is 644. The third-order valence-corrected chi connectivity index (χ3v) is 4.57. The Hall–Kier alpha value is -2.08. The molecule has 0 N–H and O–H groups in total. The van der Waals surface area contributed by atoms with Crippen LogP contribution >= 0.6 is 0 Å². The summed E-state index contributed by atoms with van der Waals surface area (Å²) in [6.45, 7) is 7.78. The van der Waals surface area contributed by atoms with E-state index in [2.05, 4.69) is 0 Å². The van der Waals surface area contributed by atoms with Crippen molar-refractivity contribution in [1.29, 1.82) is 0 Å². The van der Waals surface area contributed by atoms with E-state index in [-0.39, 0.29) is 23.8 Å². The number of ether oxygens (including phenoxy) is 2. The number of para-hydroxylation sites is 2. The number of nitrogens with zero attached hydrogens (tertiary/aromatic N) is 2. The minimum atomic E-state index is -0.533. The van der Waals surface area contributed by atoms with Gasteiger partial charge in [0.15, 0.2) is 6.10 Å². The van der Waals surface area contributed by atoms with Gasteiger partial charge in [0.2, 0.25) is 5.91 Å². The lowest BCUT2D eigenvalue weighted by molar-refractivity contribution is -0.146. The van der Waals surface area contributed by atoms with E-state index < -0.39 is 6.10 Å². The molecule has 6 heteroatoms. The zero-order valence-corrected chi connectivity index (χ0v) is 14.4. The number of benzene rings is 1. The predicted octanol–water partition coefficient (Wildman–Crippen LogP) is 1.83. The number of rotatable bonds is 3. The summed E-state index contributed by atoms with van der Waals surface area (Å²) < 4.78 is 11.1. The molecule has 2 heterocycles. The van der Waals surface area contributed by atoms with Gasteiger partial charge in [-0.15, -0.1) is 0 Å². The molecule has 2 aliphatic rings.